The van der Waals surface area contributed by atoms with Gasteiger partial charge in [-0.15, -0.1) is 0 Å². The molecular formula is C22H20F6N2O4. The molecule has 6 nitrogen and oxygen atoms in total. The van der Waals surface area contributed by atoms with Crippen LogP contribution < -0.4 is 10.4 Å². The van der Waals surface area contributed by atoms with Crippen LogP contribution in [-0.4, -0.2) is 44.9 Å². The van der Waals surface area contributed by atoms with Gasteiger partial charge in [-0.3, -0.25) is 9.13 Å². The SMILES string of the molecule is C[C@@H](n1ccn(-c2ccc(OCC(F)(F)C(F)F)cc2)c1=O)[C@](O)(CO)c1ccc(F)cc1F. The minimum absolute atomic E-state index is 0.133. The molecule has 0 aliphatic carbocycles. The maximum absolute atomic E-state index is 14.3. The third-order valence-electron chi connectivity index (χ3n) is 5.42. The van der Waals surface area contributed by atoms with Crippen LogP contribution >= 0.6 is 0 Å². The number of alkyl halides is 4. The molecule has 0 bridgehead atoms. The molecule has 1 heterocycles. The predicted octanol–water partition coefficient (Wildman–Crippen LogP) is 3.64. The van der Waals surface area contributed by atoms with Crippen LogP contribution in [0, 0.1) is 11.6 Å². The fourth-order valence-corrected chi connectivity index (χ4v) is 3.34. The van der Waals surface area contributed by atoms with Crippen molar-refractivity contribution in [2.75, 3.05) is 13.2 Å². The summed E-state index contributed by atoms with van der Waals surface area (Å²) in [6.07, 6.45) is -1.31. The molecule has 0 radical (unpaired) electrons. The number of nitrogens with zero attached hydrogens (tertiary/aromatic N) is 2. The summed E-state index contributed by atoms with van der Waals surface area (Å²) < 4.78 is 84.8. The highest BCUT2D eigenvalue weighted by Crippen LogP contribution is 2.34. The molecule has 0 fully saturated rings. The number of hydrogen-bond acceptors (Lipinski definition) is 4. The quantitative estimate of drug-likeness (QED) is 0.450. The molecule has 0 aliphatic rings. The fourth-order valence-electron chi connectivity index (χ4n) is 3.34. The van der Waals surface area contributed by atoms with E-state index in [4.69, 9.17) is 0 Å². The van der Waals surface area contributed by atoms with Gasteiger partial charge in [0, 0.05) is 24.0 Å². The van der Waals surface area contributed by atoms with Crippen LogP contribution in [0.2, 0.25) is 0 Å². The van der Waals surface area contributed by atoms with Crippen molar-refractivity contribution >= 4 is 0 Å². The second-order valence-electron chi connectivity index (χ2n) is 7.58. The summed E-state index contributed by atoms with van der Waals surface area (Å²) in [4.78, 5) is 12.9. The first-order chi connectivity index (χ1) is 15.9. The standard InChI is InChI=1S/C22H20F6N2O4/c1-13(21(33,11-31)17-7-2-14(23)10-18(17)24)29-8-9-30(20(29)32)15-3-5-16(6-4-15)34-12-22(27,28)19(25)26/h2-10,13,19,31,33H,11-12H2,1H3/t13-,21-/m1/s1. The monoisotopic (exact) mass is 490 g/mol. The van der Waals surface area contributed by atoms with Crippen molar-refractivity contribution in [1.82, 2.24) is 9.13 Å². The van der Waals surface area contributed by atoms with Crippen LogP contribution in [0.1, 0.15) is 18.5 Å². The molecule has 0 unspecified atom stereocenters. The smallest absolute Gasteiger partial charge is 0.340 e. The summed E-state index contributed by atoms with van der Waals surface area (Å²) in [6.45, 7) is -1.16. The number of aliphatic hydroxyl groups is 2. The summed E-state index contributed by atoms with van der Waals surface area (Å²) in [5.74, 6) is -6.45. The van der Waals surface area contributed by atoms with Gasteiger partial charge in [0.1, 0.15) is 23.0 Å². The number of hydrogen-bond donors (Lipinski definition) is 2. The van der Waals surface area contributed by atoms with E-state index in [1.807, 2.05) is 0 Å². The molecule has 2 N–H and O–H groups in total. The molecule has 0 amide bonds. The van der Waals surface area contributed by atoms with Gasteiger partial charge < -0.3 is 14.9 Å². The molecule has 0 saturated heterocycles. The molecule has 0 spiro atoms. The number of benzene rings is 2. The lowest BCUT2D eigenvalue weighted by atomic mass is 9.87. The van der Waals surface area contributed by atoms with Gasteiger partial charge in [-0.25, -0.2) is 22.4 Å². The van der Waals surface area contributed by atoms with Crippen LogP contribution in [0.5, 0.6) is 5.75 Å². The summed E-state index contributed by atoms with van der Waals surface area (Å²) in [6, 6.07) is 6.22. The van der Waals surface area contributed by atoms with Crippen molar-refractivity contribution in [2.24, 2.45) is 0 Å². The summed E-state index contributed by atoms with van der Waals surface area (Å²) in [7, 11) is 0. The maximum Gasteiger partial charge on any atom is 0.340 e. The average molecular weight is 490 g/mol. The van der Waals surface area contributed by atoms with Crippen molar-refractivity contribution in [3.8, 4) is 11.4 Å². The van der Waals surface area contributed by atoms with E-state index in [1.165, 1.54) is 43.6 Å². The zero-order chi connectivity index (χ0) is 25.3. The summed E-state index contributed by atoms with van der Waals surface area (Å²) in [5, 5.41) is 20.8. The predicted molar refractivity (Wildman–Crippen MR) is 109 cm³/mol. The molecule has 2 atom stereocenters. The van der Waals surface area contributed by atoms with E-state index >= 15 is 0 Å². The lowest BCUT2D eigenvalue weighted by molar-refractivity contribution is -0.148. The number of ether oxygens (including phenoxy) is 1. The Kier molecular flexibility index (Phi) is 7.13. The van der Waals surface area contributed by atoms with Crippen LogP contribution in [0.3, 0.4) is 0 Å². The van der Waals surface area contributed by atoms with Crippen molar-refractivity contribution < 1.29 is 41.3 Å². The van der Waals surface area contributed by atoms with Crippen LogP contribution in [0.25, 0.3) is 5.69 Å². The van der Waals surface area contributed by atoms with E-state index < -0.39 is 60.1 Å². The molecule has 184 valence electrons. The van der Waals surface area contributed by atoms with Gasteiger partial charge in [-0.1, -0.05) is 6.07 Å². The Morgan fingerprint density at radius 2 is 1.71 bits per heavy atom. The van der Waals surface area contributed by atoms with E-state index in [0.29, 0.717) is 6.07 Å². The number of imidazole rings is 1. The Morgan fingerprint density at radius 1 is 1.06 bits per heavy atom. The average Bonchev–Trinajstić information content (AvgIpc) is 3.18. The van der Waals surface area contributed by atoms with E-state index in [2.05, 4.69) is 4.74 Å². The second kappa shape index (κ2) is 9.55. The molecule has 3 rings (SSSR count). The van der Waals surface area contributed by atoms with E-state index in [9.17, 15) is 41.4 Å². The molecule has 0 saturated carbocycles. The first-order valence-electron chi connectivity index (χ1n) is 9.88. The Balaban J connectivity index is 1.86. The van der Waals surface area contributed by atoms with Crippen LogP contribution in [-0.2, 0) is 5.60 Å². The Bertz CT molecular complexity index is 1190. The van der Waals surface area contributed by atoms with Gasteiger partial charge in [0.25, 0.3) is 0 Å². The highest BCUT2D eigenvalue weighted by atomic mass is 19.3. The number of aliphatic hydroxyl groups excluding tert-OH is 1. The van der Waals surface area contributed by atoms with Gasteiger partial charge in [-0.2, -0.15) is 8.78 Å². The fraction of sp³-hybridized carbons (Fsp3) is 0.318. The zero-order valence-electron chi connectivity index (χ0n) is 17.6. The Labute approximate surface area is 189 Å². The highest BCUT2D eigenvalue weighted by molar-refractivity contribution is 5.37. The Morgan fingerprint density at radius 3 is 2.26 bits per heavy atom. The lowest BCUT2D eigenvalue weighted by Gasteiger charge is -2.33. The van der Waals surface area contributed by atoms with Crippen molar-refractivity contribution in [1.29, 1.82) is 0 Å². The lowest BCUT2D eigenvalue weighted by Crippen LogP contribution is -2.43. The number of aromatic nitrogens is 2. The summed E-state index contributed by atoms with van der Waals surface area (Å²) in [5.41, 5.74) is -3.16. The van der Waals surface area contributed by atoms with Gasteiger partial charge in [0.15, 0.2) is 6.61 Å². The van der Waals surface area contributed by atoms with Gasteiger partial charge in [0.2, 0.25) is 0 Å². The second-order valence-corrected chi connectivity index (χ2v) is 7.58. The number of rotatable bonds is 9. The van der Waals surface area contributed by atoms with E-state index in [1.54, 1.807) is 0 Å². The molecule has 2 aromatic carbocycles. The van der Waals surface area contributed by atoms with Crippen molar-refractivity contribution in [3.63, 3.8) is 0 Å². The largest absolute Gasteiger partial charge is 0.487 e. The van der Waals surface area contributed by atoms with Crippen molar-refractivity contribution in [3.05, 3.63) is 82.5 Å². The van der Waals surface area contributed by atoms with Crippen LogP contribution in [0.15, 0.2) is 59.7 Å². The zero-order valence-corrected chi connectivity index (χ0v) is 17.6. The van der Waals surface area contributed by atoms with Gasteiger partial charge >= 0.3 is 18.0 Å². The molecular weight excluding hydrogens is 470 g/mol. The molecule has 3 aromatic rings. The molecule has 0 aliphatic heterocycles. The van der Waals surface area contributed by atoms with Crippen molar-refractivity contribution in [2.45, 2.75) is 30.9 Å². The summed E-state index contributed by atoms with van der Waals surface area (Å²) >= 11 is 0. The third kappa shape index (κ3) is 4.82. The third-order valence-corrected chi connectivity index (χ3v) is 5.42. The molecule has 12 heteroatoms. The normalized spacial score (nSPS) is 14.8. The van der Waals surface area contributed by atoms with E-state index in [-0.39, 0.29) is 11.4 Å². The minimum Gasteiger partial charge on any atom is -0.487 e. The maximum atomic E-state index is 14.3. The topological polar surface area (TPSA) is 76.6 Å². The first kappa shape index (κ1) is 25.4. The first-order valence-corrected chi connectivity index (χ1v) is 9.88. The highest BCUT2D eigenvalue weighted by Gasteiger charge is 2.42. The van der Waals surface area contributed by atoms with Gasteiger partial charge in [-0.05, 0) is 37.3 Å². The van der Waals surface area contributed by atoms with Gasteiger partial charge in [0.05, 0.1) is 18.3 Å². The minimum atomic E-state index is -4.32. The molecule has 1 aromatic heterocycles. The van der Waals surface area contributed by atoms with E-state index in [0.717, 1.165) is 21.3 Å². The number of halogens is 6. The Hall–Kier alpha value is -3.25. The van der Waals surface area contributed by atoms with Crippen LogP contribution in [0.4, 0.5) is 26.3 Å². The molecule has 34 heavy (non-hydrogen) atoms.